The minimum atomic E-state index is 0. The third-order valence-corrected chi connectivity index (χ3v) is 5.89. The number of nitrogens with zero attached hydrogens (tertiary/aromatic N) is 3. The third-order valence-electron chi connectivity index (χ3n) is 4.76. The first-order valence-corrected chi connectivity index (χ1v) is 9.47. The van der Waals surface area contributed by atoms with Crippen LogP contribution in [-0.4, -0.2) is 46.3 Å². The van der Waals surface area contributed by atoms with Crippen molar-refractivity contribution in [2.45, 2.75) is 26.4 Å². The van der Waals surface area contributed by atoms with Crippen molar-refractivity contribution in [1.29, 1.82) is 0 Å². The lowest BCUT2D eigenvalue weighted by atomic mass is 10.2. The summed E-state index contributed by atoms with van der Waals surface area (Å²) in [5.74, 6) is 0.140. The fraction of sp³-hybridized carbons (Fsp3) is 0.368. The van der Waals surface area contributed by atoms with Gasteiger partial charge in [-0.1, -0.05) is 30.3 Å². The maximum absolute atomic E-state index is 12.9. The van der Waals surface area contributed by atoms with Crippen LogP contribution in [0, 0.1) is 6.92 Å². The van der Waals surface area contributed by atoms with Crippen molar-refractivity contribution in [3.05, 3.63) is 52.5 Å². The van der Waals surface area contributed by atoms with E-state index in [4.69, 9.17) is 0 Å². The summed E-state index contributed by atoms with van der Waals surface area (Å²) in [7, 11) is 0. The van der Waals surface area contributed by atoms with Gasteiger partial charge < -0.3 is 10.2 Å². The highest BCUT2D eigenvalue weighted by Crippen LogP contribution is 2.30. The summed E-state index contributed by atoms with van der Waals surface area (Å²) in [4.78, 5) is 16.8. The van der Waals surface area contributed by atoms with E-state index in [-0.39, 0.29) is 24.4 Å². The van der Waals surface area contributed by atoms with E-state index in [0.29, 0.717) is 0 Å². The quantitative estimate of drug-likeness (QED) is 0.746. The van der Waals surface area contributed by atoms with Crippen molar-refractivity contribution in [3.8, 4) is 0 Å². The van der Waals surface area contributed by atoms with Crippen molar-refractivity contribution in [2.75, 3.05) is 19.6 Å². The SMILES string of the molecule is Cc1nn(Cc2ccccc2)c2sc(C(=O)N3CCNC[C@H]3C)cc12.Cl. The van der Waals surface area contributed by atoms with Crippen molar-refractivity contribution < 1.29 is 4.79 Å². The monoisotopic (exact) mass is 390 g/mol. The lowest BCUT2D eigenvalue weighted by Gasteiger charge is -2.33. The minimum Gasteiger partial charge on any atom is -0.333 e. The molecule has 4 rings (SSSR count). The van der Waals surface area contributed by atoms with E-state index in [2.05, 4.69) is 29.5 Å². The predicted octanol–water partition coefficient (Wildman–Crippen LogP) is 3.31. The Bertz CT molecular complexity index is 905. The number of aromatic nitrogens is 2. The van der Waals surface area contributed by atoms with Crippen LogP contribution in [0.2, 0.25) is 0 Å². The summed E-state index contributed by atoms with van der Waals surface area (Å²) in [6.07, 6.45) is 0. The molecule has 1 aliphatic rings. The highest BCUT2D eigenvalue weighted by atomic mass is 35.5. The van der Waals surface area contributed by atoms with Crippen LogP contribution in [0.15, 0.2) is 36.4 Å². The van der Waals surface area contributed by atoms with E-state index in [1.54, 1.807) is 11.3 Å². The molecule has 1 fully saturated rings. The molecule has 3 heterocycles. The predicted molar refractivity (Wildman–Crippen MR) is 109 cm³/mol. The zero-order chi connectivity index (χ0) is 17.4. The number of hydrogen-bond acceptors (Lipinski definition) is 4. The van der Waals surface area contributed by atoms with Crippen LogP contribution in [0.25, 0.3) is 10.2 Å². The number of thiophene rings is 1. The molecule has 0 bridgehead atoms. The first-order valence-electron chi connectivity index (χ1n) is 8.66. The second-order valence-electron chi connectivity index (χ2n) is 6.61. The van der Waals surface area contributed by atoms with Gasteiger partial charge in [0.05, 0.1) is 17.1 Å². The molecule has 1 aromatic carbocycles. The van der Waals surface area contributed by atoms with Crippen molar-refractivity contribution in [2.24, 2.45) is 0 Å². The lowest BCUT2D eigenvalue weighted by Crippen LogP contribution is -2.52. The molecule has 5 nitrogen and oxygen atoms in total. The smallest absolute Gasteiger partial charge is 0.264 e. The number of hydrogen-bond donors (Lipinski definition) is 1. The van der Waals surface area contributed by atoms with Crippen LogP contribution in [0.4, 0.5) is 0 Å². The molecule has 0 saturated carbocycles. The summed E-state index contributed by atoms with van der Waals surface area (Å²) in [5, 5.41) is 9.09. The molecule has 1 aliphatic heterocycles. The molecule has 1 amide bonds. The maximum Gasteiger partial charge on any atom is 0.264 e. The molecule has 0 aliphatic carbocycles. The van der Waals surface area contributed by atoms with Gasteiger partial charge in [0.15, 0.2) is 0 Å². The van der Waals surface area contributed by atoms with Crippen molar-refractivity contribution >= 4 is 39.9 Å². The maximum atomic E-state index is 12.9. The fourth-order valence-electron chi connectivity index (χ4n) is 3.37. The molecule has 1 N–H and O–H groups in total. The standard InChI is InChI=1S/C19H22N4OS.ClH/c1-13-11-20-8-9-22(13)18(24)17-10-16-14(2)21-23(19(16)25-17)12-15-6-4-3-5-7-15;/h3-7,10,13,20H,8-9,11-12H2,1-2H3;1H/t13-;/m1./s1. The number of amides is 1. The van der Waals surface area contributed by atoms with E-state index in [1.165, 1.54) is 5.56 Å². The number of piperazine rings is 1. The third kappa shape index (κ3) is 3.49. The molecule has 0 radical (unpaired) electrons. The number of carbonyl (C=O) groups excluding carboxylic acids is 1. The van der Waals surface area contributed by atoms with E-state index in [0.717, 1.165) is 47.0 Å². The highest BCUT2D eigenvalue weighted by molar-refractivity contribution is 7.20. The number of halogens is 1. The van der Waals surface area contributed by atoms with Crippen LogP contribution in [0.5, 0.6) is 0 Å². The van der Waals surface area contributed by atoms with Crippen LogP contribution < -0.4 is 5.32 Å². The Hall–Kier alpha value is -1.89. The van der Waals surface area contributed by atoms with Gasteiger partial charge in [0.25, 0.3) is 5.91 Å². The number of nitrogens with one attached hydrogen (secondary N) is 1. The summed E-state index contributed by atoms with van der Waals surface area (Å²) >= 11 is 1.56. The summed E-state index contributed by atoms with van der Waals surface area (Å²) in [6, 6.07) is 12.5. The fourth-order valence-corrected chi connectivity index (χ4v) is 4.48. The molecule has 138 valence electrons. The number of aryl methyl sites for hydroxylation is 1. The average Bonchev–Trinajstić information content (AvgIpc) is 3.18. The molecule has 3 aromatic rings. The van der Waals surface area contributed by atoms with Gasteiger partial charge in [-0.05, 0) is 25.5 Å². The molecule has 1 atom stereocenters. The Morgan fingerprint density at radius 3 is 2.85 bits per heavy atom. The number of fused-ring (bicyclic) bond motifs is 1. The molecule has 2 aromatic heterocycles. The molecular weight excluding hydrogens is 368 g/mol. The Labute approximate surface area is 163 Å². The summed E-state index contributed by atoms with van der Waals surface area (Å²) in [6.45, 7) is 7.32. The number of benzene rings is 1. The Morgan fingerprint density at radius 2 is 2.12 bits per heavy atom. The average molecular weight is 391 g/mol. The van der Waals surface area contributed by atoms with Gasteiger partial charge in [-0.25, -0.2) is 0 Å². The van der Waals surface area contributed by atoms with Crippen LogP contribution in [0.1, 0.15) is 27.9 Å². The highest BCUT2D eigenvalue weighted by Gasteiger charge is 2.26. The van der Waals surface area contributed by atoms with Crippen LogP contribution in [0.3, 0.4) is 0 Å². The van der Waals surface area contributed by atoms with Gasteiger partial charge in [0.1, 0.15) is 4.83 Å². The van der Waals surface area contributed by atoms with Crippen molar-refractivity contribution in [1.82, 2.24) is 20.0 Å². The second kappa shape index (κ2) is 7.78. The van der Waals surface area contributed by atoms with E-state index in [9.17, 15) is 4.79 Å². The minimum absolute atomic E-state index is 0. The molecule has 7 heteroatoms. The van der Waals surface area contributed by atoms with Gasteiger partial charge in [-0.3, -0.25) is 9.48 Å². The van der Waals surface area contributed by atoms with Gasteiger partial charge in [0.2, 0.25) is 0 Å². The Balaban J connectivity index is 0.00000196. The molecule has 0 unspecified atom stereocenters. The molecule has 26 heavy (non-hydrogen) atoms. The normalized spacial score (nSPS) is 17.3. The first kappa shape index (κ1) is 18.9. The van der Waals surface area contributed by atoms with E-state index >= 15 is 0 Å². The Kier molecular flexibility index (Phi) is 5.65. The van der Waals surface area contributed by atoms with E-state index < -0.39 is 0 Å². The Morgan fingerprint density at radius 1 is 1.35 bits per heavy atom. The summed E-state index contributed by atoms with van der Waals surface area (Å²) < 4.78 is 2.02. The largest absolute Gasteiger partial charge is 0.333 e. The number of rotatable bonds is 3. The van der Waals surface area contributed by atoms with Gasteiger partial charge >= 0.3 is 0 Å². The van der Waals surface area contributed by atoms with Crippen LogP contribution in [-0.2, 0) is 6.54 Å². The first-order chi connectivity index (χ1) is 12.1. The zero-order valence-corrected chi connectivity index (χ0v) is 16.6. The lowest BCUT2D eigenvalue weighted by molar-refractivity contribution is 0.0661. The van der Waals surface area contributed by atoms with Gasteiger partial charge in [0, 0.05) is 31.1 Å². The van der Waals surface area contributed by atoms with E-state index in [1.807, 2.05) is 40.8 Å². The van der Waals surface area contributed by atoms with Gasteiger partial charge in [-0.2, -0.15) is 5.10 Å². The summed E-state index contributed by atoms with van der Waals surface area (Å²) in [5.41, 5.74) is 2.19. The second-order valence-corrected chi connectivity index (χ2v) is 7.64. The number of carbonyl (C=O) groups is 1. The topological polar surface area (TPSA) is 50.2 Å². The van der Waals surface area contributed by atoms with Crippen molar-refractivity contribution in [3.63, 3.8) is 0 Å². The molecule has 1 saturated heterocycles. The van der Waals surface area contributed by atoms with Crippen LogP contribution >= 0.6 is 23.7 Å². The van der Waals surface area contributed by atoms with Gasteiger partial charge in [-0.15, -0.1) is 23.7 Å². The molecule has 0 spiro atoms. The zero-order valence-electron chi connectivity index (χ0n) is 14.9. The molecular formula is C19H23ClN4OS.